The summed E-state index contributed by atoms with van der Waals surface area (Å²) in [5, 5.41) is 22.9. The van der Waals surface area contributed by atoms with Crippen molar-refractivity contribution in [1.29, 1.82) is 5.26 Å². The van der Waals surface area contributed by atoms with Crippen molar-refractivity contribution in [2.45, 2.75) is 45.8 Å². The molecule has 1 saturated heterocycles. The summed E-state index contributed by atoms with van der Waals surface area (Å²) in [5.41, 5.74) is -1.52. The van der Waals surface area contributed by atoms with Gasteiger partial charge in [-0.1, -0.05) is 11.6 Å². The van der Waals surface area contributed by atoms with E-state index >= 15 is 0 Å². The van der Waals surface area contributed by atoms with Crippen LogP contribution in [-0.4, -0.2) is 50.5 Å². The summed E-state index contributed by atoms with van der Waals surface area (Å²) in [6, 6.07) is 2.27. The highest BCUT2D eigenvalue weighted by Gasteiger charge is 2.39. The number of rotatable bonds is 3. The summed E-state index contributed by atoms with van der Waals surface area (Å²) in [7, 11) is 0. The first-order chi connectivity index (χ1) is 11.6. The van der Waals surface area contributed by atoms with E-state index in [1.807, 2.05) is 0 Å². The van der Waals surface area contributed by atoms with Gasteiger partial charge in [0.1, 0.15) is 5.60 Å². The van der Waals surface area contributed by atoms with Crippen LogP contribution in [0.3, 0.4) is 0 Å². The molecule has 136 valence electrons. The van der Waals surface area contributed by atoms with Crippen LogP contribution in [-0.2, 0) is 11.3 Å². The number of halogens is 1. The van der Waals surface area contributed by atoms with Crippen LogP contribution in [0.1, 0.15) is 44.1 Å². The van der Waals surface area contributed by atoms with Gasteiger partial charge in [0.05, 0.1) is 29.2 Å². The maximum Gasteiger partial charge on any atom is 0.410 e. The zero-order valence-electron chi connectivity index (χ0n) is 14.5. The third kappa shape index (κ3) is 4.42. The van der Waals surface area contributed by atoms with Gasteiger partial charge in [-0.3, -0.25) is 4.68 Å². The molecular weight excluding hydrogens is 348 g/mol. The van der Waals surface area contributed by atoms with Crippen LogP contribution < -0.4 is 0 Å². The number of aromatic nitrogens is 2. The number of carboxylic acids is 1. The van der Waals surface area contributed by atoms with Crippen molar-refractivity contribution < 1.29 is 19.4 Å². The van der Waals surface area contributed by atoms with Crippen molar-refractivity contribution in [3.63, 3.8) is 0 Å². The van der Waals surface area contributed by atoms with E-state index in [9.17, 15) is 20.0 Å². The van der Waals surface area contributed by atoms with Gasteiger partial charge in [-0.25, -0.2) is 9.59 Å². The third-order valence-corrected chi connectivity index (χ3v) is 4.34. The Hall–Kier alpha value is -2.27. The monoisotopic (exact) mass is 368 g/mol. The number of piperidine rings is 1. The van der Waals surface area contributed by atoms with Crippen molar-refractivity contribution in [2.75, 3.05) is 13.1 Å². The number of hydrogen-bond acceptors (Lipinski definition) is 5. The van der Waals surface area contributed by atoms with E-state index < -0.39 is 23.1 Å². The van der Waals surface area contributed by atoms with Gasteiger partial charge in [0.25, 0.3) is 0 Å². The Morgan fingerprint density at radius 1 is 1.44 bits per heavy atom. The topological polar surface area (TPSA) is 108 Å². The number of nitrogens with zero attached hydrogens (tertiary/aromatic N) is 4. The van der Waals surface area contributed by atoms with Crippen LogP contribution in [0.15, 0.2) is 6.20 Å². The molecule has 0 aromatic carbocycles. The summed E-state index contributed by atoms with van der Waals surface area (Å²) in [6.45, 7) is 6.22. The van der Waals surface area contributed by atoms with E-state index in [2.05, 4.69) is 11.2 Å². The number of amides is 1. The summed E-state index contributed by atoms with van der Waals surface area (Å²) < 4.78 is 6.59. The van der Waals surface area contributed by atoms with E-state index in [0.717, 1.165) is 0 Å². The molecule has 2 heterocycles. The molecule has 0 atom stereocenters. The smallest absolute Gasteiger partial charge is 0.410 e. The number of hydrogen-bond donors (Lipinski definition) is 1. The minimum absolute atomic E-state index is 0.0341. The molecule has 1 aliphatic rings. The zero-order valence-corrected chi connectivity index (χ0v) is 15.2. The lowest BCUT2D eigenvalue weighted by Gasteiger charge is -2.37. The number of nitriles is 1. The number of carboxylic acid groups (broad SMARTS) is 1. The molecule has 0 aliphatic carbocycles. The summed E-state index contributed by atoms with van der Waals surface area (Å²) >= 11 is 5.86. The molecule has 8 nitrogen and oxygen atoms in total. The predicted molar refractivity (Wildman–Crippen MR) is 89.3 cm³/mol. The van der Waals surface area contributed by atoms with Crippen LogP contribution in [0.4, 0.5) is 4.79 Å². The molecule has 1 aromatic heterocycles. The number of carbonyl (C=O) groups is 2. The molecule has 1 aromatic rings. The minimum atomic E-state index is -1.19. The molecule has 1 amide bonds. The third-order valence-electron chi connectivity index (χ3n) is 4.06. The van der Waals surface area contributed by atoms with E-state index in [0.29, 0.717) is 25.9 Å². The highest BCUT2D eigenvalue weighted by Crippen LogP contribution is 2.34. The second kappa shape index (κ2) is 6.92. The fourth-order valence-electron chi connectivity index (χ4n) is 2.73. The number of aromatic carboxylic acids is 1. The molecule has 25 heavy (non-hydrogen) atoms. The van der Waals surface area contributed by atoms with Crippen molar-refractivity contribution >= 4 is 23.7 Å². The van der Waals surface area contributed by atoms with Crippen LogP contribution in [0, 0.1) is 16.7 Å². The van der Waals surface area contributed by atoms with Gasteiger partial charge in [0.2, 0.25) is 0 Å². The SMILES string of the molecule is CC(C)(C)OC(=O)N1CCC(C#N)(Cn2ncc(Cl)c2C(=O)O)CC1. The molecule has 1 N–H and O–H groups in total. The lowest BCUT2D eigenvalue weighted by Crippen LogP contribution is -2.46. The van der Waals surface area contributed by atoms with E-state index in [4.69, 9.17) is 16.3 Å². The summed E-state index contributed by atoms with van der Waals surface area (Å²) in [5.74, 6) is -1.19. The quantitative estimate of drug-likeness (QED) is 0.878. The standard InChI is InChI=1S/C16H21ClN4O4/c1-15(2,3)25-14(24)20-6-4-16(9-18,5-7-20)10-21-12(13(22)23)11(17)8-19-21/h8H,4-7,10H2,1-3H3,(H,22,23). The van der Waals surface area contributed by atoms with Crippen molar-refractivity contribution in [3.05, 3.63) is 16.9 Å². The lowest BCUT2D eigenvalue weighted by atomic mass is 9.79. The van der Waals surface area contributed by atoms with Gasteiger partial charge < -0.3 is 14.7 Å². The first-order valence-corrected chi connectivity index (χ1v) is 8.28. The molecule has 0 unspecified atom stereocenters. The average Bonchev–Trinajstić information content (AvgIpc) is 2.86. The largest absolute Gasteiger partial charge is 0.476 e. The van der Waals surface area contributed by atoms with Crippen molar-refractivity contribution in [2.24, 2.45) is 5.41 Å². The minimum Gasteiger partial charge on any atom is -0.476 e. The first-order valence-electron chi connectivity index (χ1n) is 7.91. The predicted octanol–water partition coefficient (Wildman–Crippen LogP) is 2.78. The maximum atomic E-state index is 12.1. The van der Waals surface area contributed by atoms with Crippen LogP contribution in [0.5, 0.6) is 0 Å². The molecule has 0 spiro atoms. The molecule has 0 saturated carbocycles. The highest BCUT2D eigenvalue weighted by molar-refractivity contribution is 6.33. The number of ether oxygens (including phenoxy) is 1. The van der Waals surface area contributed by atoms with E-state index in [1.165, 1.54) is 10.9 Å². The zero-order chi connectivity index (χ0) is 18.8. The Morgan fingerprint density at radius 2 is 2.04 bits per heavy atom. The fourth-order valence-corrected chi connectivity index (χ4v) is 2.95. The average molecular weight is 369 g/mol. The molecule has 0 bridgehead atoms. The number of carbonyl (C=O) groups excluding carboxylic acids is 1. The van der Waals surface area contributed by atoms with Crippen molar-refractivity contribution in [1.82, 2.24) is 14.7 Å². The van der Waals surface area contributed by atoms with Crippen LogP contribution >= 0.6 is 11.6 Å². The fraction of sp³-hybridized carbons (Fsp3) is 0.625. The molecule has 1 aliphatic heterocycles. The van der Waals surface area contributed by atoms with Gasteiger partial charge >= 0.3 is 12.1 Å². The second-order valence-corrected chi connectivity index (χ2v) is 7.57. The maximum absolute atomic E-state index is 12.1. The van der Waals surface area contributed by atoms with Gasteiger partial charge in [0, 0.05) is 13.1 Å². The Bertz CT molecular complexity index is 709. The van der Waals surface area contributed by atoms with Gasteiger partial charge in [-0.2, -0.15) is 10.4 Å². The Morgan fingerprint density at radius 3 is 2.52 bits per heavy atom. The van der Waals surface area contributed by atoms with Crippen molar-refractivity contribution in [3.8, 4) is 6.07 Å². The Kier molecular flexibility index (Phi) is 5.28. The van der Waals surface area contributed by atoms with E-state index in [-0.39, 0.29) is 17.3 Å². The van der Waals surface area contributed by atoms with Gasteiger partial charge in [-0.15, -0.1) is 0 Å². The van der Waals surface area contributed by atoms with Gasteiger partial charge in [0.15, 0.2) is 5.69 Å². The number of likely N-dealkylation sites (tertiary alicyclic amines) is 1. The Balaban J connectivity index is 2.09. The summed E-state index contributed by atoms with van der Waals surface area (Å²) in [6.07, 6.45) is 1.65. The normalized spacial score (nSPS) is 17.0. The van der Waals surface area contributed by atoms with Gasteiger partial charge in [-0.05, 0) is 33.6 Å². The first kappa shape index (κ1) is 19.1. The molecule has 1 fully saturated rings. The highest BCUT2D eigenvalue weighted by atomic mass is 35.5. The van der Waals surface area contributed by atoms with Crippen LogP contribution in [0.25, 0.3) is 0 Å². The van der Waals surface area contributed by atoms with Crippen LogP contribution in [0.2, 0.25) is 5.02 Å². The Labute approximate surface area is 150 Å². The lowest BCUT2D eigenvalue weighted by molar-refractivity contribution is 0.0134. The molecule has 9 heteroatoms. The van der Waals surface area contributed by atoms with E-state index in [1.54, 1.807) is 25.7 Å². The second-order valence-electron chi connectivity index (χ2n) is 7.16. The molecule has 2 rings (SSSR count). The molecular formula is C16H21ClN4O4. The molecule has 0 radical (unpaired) electrons. The summed E-state index contributed by atoms with van der Waals surface area (Å²) in [4.78, 5) is 25.0.